The maximum absolute atomic E-state index is 13.6. The van der Waals surface area contributed by atoms with Gasteiger partial charge in [0, 0.05) is 23.8 Å². The second-order valence-electron chi connectivity index (χ2n) is 9.32. The molecule has 0 atom stereocenters. The minimum Gasteiger partial charge on any atom is -0.493 e. The number of rotatable bonds is 14. The van der Waals surface area contributed by atoms with E-state index in [0.29, 0.717) is 31.4 Å². The number of fused-ring (bicyclic) bond motifs is 2. The molecule has 3 rings (SSSR count). The van der Waals surface area contributed by atoms with E-state index in [-0.39, 0.29) is 51.7 Å². The van der Waals surface area contributed by atoms with E-state index in [1.165, 1.54) is 18.2 Å². The van der Waals surface area contributed by atoms with Gasteiger partial charge in [0.1, 0.15) is 11.5 Å². The third-order valence-corrected chi connectivity index (χ3v) is 11.6. The largest absolute Gasteiger partial charge is 0.493 e. The third kappa shape index (κ3) is 8.17. The smallest absolute Gasteiger partial charge is 0.341 e. The number of benzene rings is 2. The van der Waals surface area contributed by atoms with Crippen molar-refractivity contribution >= 4 is 50.5 Å². The summed E-state index contributed by atoms with van der Waals surface area (Å²) >= 11 is 1.05. The van der Waals surface area contributed by atoms with Gasteiger partial charge < -0.3 is 33.8 Å². The first kappa shape index (κ1) is 33.7. The molecule has 42 heavy (non-hydrogen) atoms. The van der Waals surface area contributed by atoms with E-state index in [2.05, 4.69) is 0 Å². The highest BCUT2D eigenvalue weighted by Crippen LogP contribution is 2.60. The maximum atomic E-state index is 13.6. The molecule has 0 unspecified atom stereocenters. The molecule has 228 valence electrons. The van der Waals surface area contributed by atoms with Crippen LogP contribution < -0.4 is 9.47 Å². The fourth-order valence-electron chi connectivity index (χ4n) is 4.27. The van der Waals surface area contributed by atoms with Crippen LogP contribution in [0.25, 0.3) is 0 Å². The van der Waals surface area contributed by atoms with Crippen molar-refractivity contribution in [1.82, 2.24) is 0 Å². The lowest BCUT2D eigenvalue weighted by Gasteiger charge is -2.22. The number of hydrogen-bond acceptors (Lipinski definition) is 10. The zero-order valence-corrected chi connectivity index (χ0v) is 25.3. The maximum Gasteiger partial charge on any atom is 0.341 e. The molecule has 0 aliphatic heterocycles. The zero-order valence-electron chi connectivity index (χ0n) is 22.7. The molecular formula is C26H30O13P2S. The molecule has 0 heterocycles. The van der Waals surface area contributed by atoms with Crippen molar-refractivity contribution in [3.63, 3.8) is 0 Å². The molecule has 0 saturated carbocycles. The number of ketones is 2. The number of ether oxygens (including phenoxy) is 3. The number of carbonyl (C=O) groups excluding carboxylic acids is 4. The van der Waals surface area contributed by atoms with Gasteiger partial charge in [-0.05, 0) is 36.8 Å². The first-order chi connectivity index (χ1) is 19.7. The Kier molecular flexibility index (Phi) is 11.3. The molecule has 2 aromatic carbocycles. The summed E-state index contributed by atoms with van der Waals surface area (Å²) in [4.78, 5) is 87.5. The number of hydrogen-bond donors (Lipinski definition) is 4. The van der Waals surface area contributed by atoms with Crippen LogP contribution in [0.4, 0.5) is 0 Å². The highest BCUT2D eigenvalue weighted by atomic mass is 32.2. The predicted octanol–water partition coefficient (Wildman–Crippen LogP) is 3.53. The summed E-state index contributed by atoms with van der Waals surface area (Å²) < 4.78 is 38.4. The summed E-state index contributed by atoms with van der Waals surface area (Å²) in [5.74, 6) is -2.69. The number of methoxy groups -OCH3 is 1. The SMILES string of the molecule is COC(=O)c1cc(OC(C)=O)c2c(c1)C(=O)c1cccc(OCCCCCCSCC(P(=O)(O)O)P(=O)(O)O)c1C2=O. The Morgan fingerprint density at radius 1 is 0.881 bits per heavy atom. The zero-order chi connectivity index (χ0) is 31.2. The van der Waals surface area contributed by atoms with E-state index in [1.807, 2.05) is 0 Å². The van der Waals surface area contributed by atoms with Crippen LogP contribution in [0.15, 0.2) is 30.3 Å². The highest BCUT2D eigenvalue weighted by molar-refractivity contribution is 8.00. The minimum absolute atomic E-state index is 0.00952. The van der Waals surface area contributed by atoms with Crippen LogP contribution in [0.1, 0.15) is 74.8 Å². The summed E-state index contributed by atoms with van der Waals surface area (Å²) in [6.07, 6.45) is 2.61. The first-order valence-corrected chi connectivity index (χ1v) is 17.2. The van der Waals surface area contributed by atoms with E-state index in [9.17, 15) is 28.3 Å². The van der Waals surface area contributed by atoms with Gasteiger partial charge in [0.25, 0.3) is 0 Å². The molecule has 0 spiro atoms. The average Bonchev–Trinajstić information content (AvgIpc) is 2.89. The molecule has 0 bridgehead atoms. The number of thioether (sulfide) groups is 1. The van der Waals surface area contributed by atoms with Crippen LogP contribution in [0.2, 0.25) is 0 Å². The molecule has 0 saturated heterocycles. The lowest BCUT2D eigenvalue weighted by molar-refractivity contribution is -0.131. The Bertz CT molecular complexity index is 1450. The lowest BCUT2D eigenvalue weighted by atomic mass is 9.82. The lowest BCUT2D eigenvalue weighted by Crippen LogP contribution is -2.24. The average molecular weight is 645 g/mol. The molecule has 13 nitrogen and oxygen atoms in total. The van der Waals surface area contributed by atoms with Crippen molar-refractivity contribution in [1.29, 1.82) is 0 Å². The predicted molar refractivity (Wildman–Crippen MR) is 152 cm³/mol. The second kappa shape index (κ2) is 14.1. The van der Waals surface area contributed by atoms with Crippen molar-refractivity contribution in [2.24, 2.45) is 0 Å². The number of esters is 2. The van der Waals surface area contributed by atoms with Crippen LogP contribution in [-0.2, 0) is 18.7 Å². The highest BCUT2D eigenvalue weighted by Gasteiger charge is 2.43. The fraction of sp³-hybridized carbons (Fsp3) is 0.385. The Morgan fingerprint density at radius 3 is 2.14 bits per heavy atom. The van der Waals surface area contributed by atoms with E-state index in [0.717, 1.165) is 25.8 Å². The Labute approximate surface area is 245 Å². The first-order valence-electron chi connectivity index (χ1n) is 12.6. The van der Waals surface area contributed by atoms with Crippen LogP contribution in [-0.4, -0.2) is 73.7 Å². The van der Waals surface area contributed by atoms with Crippen molar-refractivity contribution in [3.05, 3.63) is 58.1 Å². The topological polar surface area (TPSA) is 211 Å². The van der Waals surface area contributed by atoms with E-state index < -0.39 is 44.1 Å². The van der Waals surface area contributed by atoms with E-state index >= 15 is 0 Å². The van der Waals surface area contributed by atoms with Gasteiger partial charge in [0.15, 0.2) is 11.2 Å². The Hall–Kier alpha value is -2.83. The molecule has 1 aliphatic carbocycles. The van der Waals surface area contributed by atoms with Crippen LogP contribution in [0, 0.1) is 0 Å². The van der Waals surface area contributed by atoms with Crippen molar-refractivity contribution in [3.8, 4) is 11.5 Å². The Balaban J connectivity index is 1.62. The minimum atomic E-state index is -4.94. The van der Waals surface area contributed by atoms with Gasteiger partial charge in [0.2, 0.25) is 5.78 Å². The number of carbonyl (C=O) groups is 4. The van der Waals surface area contributed by atoms with Crippen molar-refractivity contribution < 1.29 is 62.1 Å². The molecule has 0 fully saturated rings. The monoisotopic (exact) mass is 644 g/mol. The summed E-state index contributed by atoms with van der Waals surface area (Å²) in [6, 6.07) is 6.95. The van der Waals surface area contributed by atoms with E-state index in [4.69, 9.17) is 33.8 Å². The van der Waals surface area contributed by atoms with Gasteiger partial charge in [-0.25, -0.2) is 4.79 Å². The molecule has 4 N–H and O–H groups in total. The Morgan fingerprint density at radius 2 is 1.52 bits per heavy atom. The fourth-order valence-corrected chi connectivity index (χ4v) is 8.80. The van der Waals surface area contributed by atoms with Crippen LogP contribution in [0.3, 0.4) is 0 Å². The molecule has 16 heteroatoms. The summed E-state index contributed by atoms with van der Waals surface area (Å²) in [5.41, 5.74) is -0.249. The van der Waals surface area contributed by atoms with Gasteiger partial charge in [-0.1, -0.05) is 25.0 Å². The quantitative estimate of drug-likeness (QED) is 0.0856. The van der Waals surface area contributed by atoms with E-state index in [1.54, 1.807) is 12.1 Å². The molecule has 0 aromatic heterocycles. The molecular weight excluding hydrogens is 614 g/mol. The van der Waals surface area contributed by atoms with Gasteiger partial charge >= 0.3 is 27.1 Å². The normalized spacial score (nSPS) is 13.0. The number of unbranched alkanes of at least 4 members (excludes halogenated alkanes) is 3. The second-order valence-corrected chi connectivity index (χ2v) is 14.5. The molecule has 0 radical (unpaired) electrons. The van der Waals surface area contributed by atoms with Crippen LogP contribution in [0.5, 0.6) is 11.5 Å². The molecule has 1 aliphatic rings. The third-order valence-electron chi connectivity index (χ3n) is 6.23. The summed E-state index contributed by atoms with van der Waals surface area (Å²) in [6.45, 7) is 1.32. The molecule has 0 amide bonds. The van der Waals surface area contributed by atoms with Crippen molar-refractivity contribution in [2.45, 2.75) is 38.0 Å². The van der Waals surface area contributed by atoms with Gasteiger partial charge in [-0.3, -0.25) is 23.5 Å². The van der Waals surface area contributed by atoms with Gasteiger partial charge in [-0.15, -0.1) is 0 Å². The van der Waals surface area contributed by atoms with Crippen LogP contribution >= 0.6 is 27.0 Å². The van der Waals surface area contributed by atoms with Gasteiger partial charge in [-0.2, -0.15) is 11.8 Å². The van der Waals surface area contributed by atoms with Crippen molar-refractivity contribution in [2.75, 3.05) is 25.2 Å². The molecule has 2 aromatic rings. The summed E-state index contributed by atoms with van der Waals surface area (Å²) in [5, 5.41) is -2.03. The summed E-state index contributed by atoms with van der Waals surface area (Å²) in [7, 11) is -8.72. The van der Waals surface area contributed by atoms with Gasteiger partial charge in [0.05, 0.1) is 30.4 Å². The standard InChI is InChI=1S/C26H30O13P2S/c1-15(27)39-20-13-16(26(30)37-2)12-18-23(20)25(29)22-17(24(18)28)8-7-9-19(22)38-10-5-3-4-6-11-42-14-21(40(31,32)33)41(34,35)36/h7-9,12-13,21H,3-6,10-11,14H2,1-2H3,(H2,31,32,33)(H2,34,35,36).